The molecular weight excluding hydrogens is 341 g/mol. The summed E-state index contributed by atoms with van der Waals surface area (Å²) in [7, 11) is 0. The summed E-state index contributed by atoms with van der Waals surface area (Å²) in [5.41, 5.74) is 0.414. The first kappa shape index (κ1) is 16.8. The van der Waals surface area contributed by atoms with Gasteiger partial charge in [-0.15, -0.1) is 0 Å². The monoisotopic (exact) mass is 354 g/mol. The van der Waals surface area contributed by atoms with Crippen molar-refractivity contribution in [1.82, 2.24) is 5.32 Å². The van der Waals surface area contributed by atoms with Crippen LogP contribution in [-0.4, -0.2) is 24.7 Å². The number of amides is 1. The maximum Gasteiger partial charge on any atom is 0.241 e. The number of hydrogen-bond donors (Lipinski definition) is 2. The van der Waals surface area contributed by atoms with Crippen LogP contribution in [0.3, 0.4) is 0 Å². The van der Waals surface area contributed by atoms with Crippen LogP contribution in [0.5, 0.6) is 0 Å². The van der Waals surface area contributed by atoms with Crippen LogP contribution < -0.4 is 10.6 Å². The van der Waals surface area contributed by atoms with Gasteiger partial charge in [-0.3, -0.25) is 4.79 Å². The highest BCUT2D eigenvalue weighted by Gasteiger charge is 2.29. The zero-order valence-corrected chi connectivity index (χ0v) is 13.2. The fourth-order valence-electron chi connectivity index (χ4n) is 2.66. The van der Waals surface area contributed by atoms with Crippen LogP contribution in [0.15, 0.2) is 36.4 Å². The molecule has 2 N–H and O–H groups in total. The maximum atomic E-state index is 14.7. The van der Waals surface area contributed by atoms with E-state index in [4.69, 9.17) is 11.6 Å². The minimum absolute atomic E-state index is 0.0398. The second-order valence-electron chi connectivity index (χ2n) is 5.57. The molecule has 3 rings (SSSR count). The first-order valence-electron chi connectivity index (χ1n) is 7.38. The molecule has 2 aromatic carbocycles. The normalized spacial score (nSPS) is 20.2. The van der Waals surface area contributed by atoms with E-state index in [1.54, 1.807) is 6.07 Å². The molecule has 7 heteroatoms. The van der Waals surface area contributed by atoms with Gasteiger partial charge in [0.2, 0.25) is 5.91 Å². The van der Waals surface area contributed by atoms with Crippen LogP contribution in [-0.2, 0) is 4.79 Å². The molecule has 1 aliphatic rings. The molecule has 1 amide bonds. The molecule has 0 bridgehead atoms. The predicted octanol–water partition coefficient (Wildman–Crippen LogP) is 3.92. The van der Waals surface area contributed by atoms with Crippen LogP contribution in [0.25, 0.3) is 11.1 Å². The average Bonchev–Trinajstić information content (AvgIpc) is 2.97. The number of hydrogen-bond acceptors (Lipinski definition) is 2. The molecule has 3 nitrogen and oxygen atoms in total. The third-order valence-corrected chi connectivity index (χ3v) is 4.18. The summed E-state index contributed by atoms with van der Waals surface area (Å²) in [6.07, 6.45) is -1.04. The molecule has 1 fully saturated rings. The molecule has 0 radical (unpaired) electrons. The van der Waals surface area contributed by atoms with Crippen LogP contribution in [0, 0.1) is 11.6 Å². The van der Waals surface area contributed by atoms with E-state index in [2.05, 4.69) is 10.6 Å². The summed E-state index contributed by atoms with van der Waals surface area (Å²) in [6.45, 7) is 0.103. The third-order valence-electron chi connectivity index (χ3n) is 3.87. The minimum atomic E-state index is -1.09. The Kier molecular flexibility index (Phi) is 4.78. The standard InChI is InChI=1S/C17H14ClF3N2O/c18-13-6-9(19)4-5-11(13)12-2-1-3-14(16(12)21)23-17(24)15-7-10(20)8-22-15/h1-6,10,15,22H,7-8H2,(H,23,24). The van der Waals surface area contributed by atoms with Gasteiger partial charge in [-0.1, -0.05) is 23.7 Å². The van der Waals surface area contributed by atoms with Crippen molar-refractivity contribution in [3.05, 3.63) is 53.1 Å². The van der Waals surface area contributed by atoms with E-state index in [1.807, 2.05) is 0 Å². The van der Waals surface area contributed by atoms with E-state index >= 15 is 0 Å². The van der Waals surface area contributed by atoms with Gasteiger partial charge >= 0.3 is 0 Å². The molecule has 2 unspecified atom stereocenters. The van der Waals surface area contributed by atoms with Crippen molar-refractivity contribution in [1.29, 1.82) is 0 Å². The SMILES string of the molecule is O=C(Nc1cccc(-c2ccc(F)cc2Cl)c1F)C1CC(F)CN1. The van der Waals surface area contributed by atoms with Gasteiger partial charge in [-0.25, -0.2) is 13.2 Å². The minimum Gasteiger partial charge on any atom is -0.322 e. The van der Waals surface area contributed by atoms with Crippen molar-refractivity contribution in [2.75, 3.05) is 11.9 Å². The smallest absolute Gasteiger partial charge is 0.241 e. The zero-order valence-electron chi connectivity index (χ0n) is 12.5. The molecule has 0 saturated carbocycles. The molecular formula is C17H14ClF3N2O. The van der Waals surface area contributed by atoms with Crippen molar-refractivity contribution >= 4 is 23.2 Å². The van der Waals surface area contributed by atoms with E-state index in [1.165, 1.54) is 24.3 Å². The van der Waals surface area contributed by atoms with Crippen molar-refractivity contribution in [2.24, 2.45) is 0 Å². The van der Waals surface area contributed by atoms with E-state index in [0.717, 1.165) is 6.07 Å². The van der Waals surface area contributed by atoms with Gasteiger partial charge < -0.3 is 10.6 Å². The Morgan fingerprint density at radius 3 is 2.67 bits per heavy atom. The van der Waals surface area contributed by atoms with Gasteiger partial charge in [0, 0.05) is 24.1 Å². The lowest BCUT2D eigenvalue weighted by atomic mass is 10.0. The van der Waals surface area contributed by atoms with Gasteiger partial charge in [-0.2, -0.15) is 0 Å². The molecule has 0 aliphatic carbocycles. The third kappa shape index (κ3) is 3.39. The lowest BCUT2D eigenvalue weighted by molar-refractivity contribution is -0.117. The van der Waals surface area contributed by atoms with Gasteiger partial charge in [-0.05, 0) is 24.3 Å². The van der Waals surface area contributed by atoms with Crippen LogP contribution >= 0.6 is 11.6 Å². The van der Waals surface area contributed by atoms with Gasteiger partial charge in [0.25, 0.3) is 0 Å². The highest BCUT2D eigenvalue weighted by atomic mass is 35.5. The largest absolute Gasteiger partial charge is 0.322 e. The molecule has 1 saturated heterocycles. The number of carbonyl (C=O) groups excluding carboxylic acids is 1. The Bertz CT molecular complexity index is 784. The Morgan fingerprint density at radius 2 is 2.00 bits per heavy atom. The van der Waals surface area contributed by atoms with E-state index < -0.39 is 29.8 Å². The summed E-state index contributed by atoms with van der Waals surface area (Å²) in [6, 6.07) is 7.37. The fourth-order valence-corrected chi connectivity index (χ4v) is 2.93. The second kappa shape index (κ2) is 6.83. The topological polar surface area (TPSA) is 41.1 Å². The first-order valence-corrected chi connectivity index (χ1v) is 7.75. The molecule has 2 aromatic rings. The molecule has 0 aromatic heterocycles. The number of carbonyl (C=O) groups is 1. The number of nitrogens with one attached hydrogen (secondary N) is 2. The molecule has 24 heavy (non-hydrogen) atoms. The second-order valence-corrected chi connectivity index (χ2v) is 5.98. The Labute approximate surface area is 141 Å². The molecule has 2 atom stereocenters. The van der Waals surface area contributed by atoms with E-state index in [-0.39, 0.29) is 29.2 Å². The molecule has 1 aliphatic heterocycles. The Hall–Kier alpha value is -2.05. The average molecular weight is 355 g/mol. The number of benzene rings is 2. The summed E-state index contributed by atoms with van der Waals surface area (Å²) in [5, 5.41) is 5.25. The molecule has 126 valence electrons. The Balaban J connectivity index is 1.87. The number of anilines is 1. The zero-order chi connectivity index (χ0) is 17.3. The fraction of sp³-hybridized carbons (Fsp3) is 0.235. The van der Waals surface area contributed by atoms with Gasteiger partial charge in [0.1, 0.15) is 12.0 Å². The highest BCUT2D eigenvalue weighted by Crippen LogP contribution is 2.33. The lowest BCUT2D eigenvalue weighted by Crippen LogP contribution is -2.35. The van der Waals surface area contributed by atoms with E-state index in [0.29, 0.717) is 5.56 Å². The first-order chi connectivity index (χ1) is 11.5. The van der Waals surface area contributed by atoms with Crippen LogP contribution in [0.4, 0.5) is 18.9 Å². The number of halogens is 4. The van der Waals surface area contributed by atoms with E-state index in [9.17, 15) is 18.0 Å². The van der Waals surface area contributed by atoms with Crippen LogP contribution in [0.2, 0.25) is 5.02 Å². The number of rotatable bonds is 3. The predicted molar refractivity (Wildman–Crippen MR) is 86.7 cm³/mol. The van der Waals surface area contributed by atoms with Crippen molar-refractivity contribution in [3.63, 3.8) is 0 Å². The summed E-state index contributed by atoms with van der Waals surface area (Å²) < 4.78 is 41.0. The summed E-state index contributed by atoms with van der Waals surface area (Å²) in [5.74, 6) is -1.72. The Morgan fingerprint density at radius 1 is 1.21 bits per heavy atom. The lowest BCUT2D eigenvalue weighted by Gasteiger charge is -2.14. The summed E-state index contributed by atoms with van der Waals surface area (Å²) >= 11 is 5.97. The van der Waals surface area contributed by atoms with Crippen molar-refractivity contribution in [3.8, 4) is 11.1 Å². The van der Waals surface area contributed by atoms with Crippen LogP contribution in [0.1, 0.15) is 6.42 Å². The maximum absolute atomic E-state index is 14.7. The number of alkyl halides is 1. The summed E-state index contributed by atoms with van der Waals surface area (Å²) in [4.78, 5) is 12.1. The van der Waals surface area contributed by atoms with Gasteiger partial charge in [0.15, 0.2) is 5.82 Å². The van der Waals surface area contributed by atoms with Crippen molar-refractivity contribution in [2.45, 2.75) is 18.6 Å². The van der Waals surface area contributed by atoms with Gasteiger partial charge in [0.05, 0.1) is 16.8 Å². The molecule has 1 heterocycles. The highest BCUT2D eigenvalue weighted by molar-refractivity contribution is 6.33. The molecule has 0 spiro atoms. The quantitative estimate of drug-likeness (QED) is 0.877. The van der Waals surface area contributed by atoms with Crippen molar-refractivity contribution < 1.29 is 18.0 Å².